The van der Waals surface area contributed by atoms with Gasteiger partial charge in [-0.2, -0.15) is 0 Å². The van der Waals surface area contributed by atoms with Crippen molar-refractivity contribution in [3.8, 4) is 0 Å². The van der Waals surface area contributed by atoms with Crippen LogP contribution in [-0.2, 0) is 16.4 Å². The molecule has 21 heavy (non-hydrogen) atoms. The predicted molar refractivity (Wildman–Crippen MR) is 84.7 cm³/mol. The van der Waals surface area contributed by atoms with Gasteiger partial charge in [-0.1, -0.05) is 24.3 Å². The molecule has 2 aliphatic rings. The Bertz CT molecular complexity index is 596. The van der Waals surface area contributed by atoms with Crippen LogP contribution in [0.15, 0.2) is 24.3 Å². The Morgan fingerprint density at radius 1 is 1.24 bits per heavy atom. The second-order valence-corrected chi connectivity index (χ2v) is 8.43. The summed E-state index contributed by atoms with van der Waals surface area (Å²) < 4.78 is 27.9. The summed E-state index contributed by atoms with van der Waals surface area (Å²) in [6, 6.07) is 8.64. The van der Waals surface area contributed by atoms with E-state index < -0.39 is 15.3 Å². The number of hydrogen-bond acceptors (Lipinski definition) is 3. The summed E-state index contributed by atoms with van der Waals surface area (Å²) in [7, 11) is -3.28. The van der Waals surface area contributed by atoms with Crippen molar-refractivity contribution in [2.45, 2.75) is 56.4 Å². The van der Waals surface area contributed by atoms with E-state index in [1.54, 1.807) is 6.92 Å². The van der Waals surface area contributed by atoms with Crippen LogP contribution in [0.25, 0.3) is 0 Å². The molecule has 0 heterocycles. The summed E-state index contributed by atoms with van der Waals surface area (Å²) in [4.78, 5) is 0. The minimum atomic E-state index is -3.28. The third-order valence-electron chi connectivity index (χ3n) is 4.48. The van der Waals surface area contributed by atoms with Crippen molar-refractivity contribution in [1.82, 2.24) is 10.0 Å². The SMILES string of the molecule is CC(CNC1CC1)S(=O)(=O)NC1CCCc2ccccc21. The molecule has 0 amide bonds. The van der Waals surface area contributed by atoms with Crippen LogP contribution in [0, 0.1) is 0 Å². The summed E-state index contributed by atoms with van der Waals surface area (Å²) in [6.45, 7) is 2.32. The molecule has 116 valence electrons. The molecule has 5 heteroatoms. The number of rotatable bonds is 6. The van der Waals surface area contributed by atoms with E-state index in [1.165, 1.54) is 18.4 Å². The zero-order valence-electron chi connectivity index (χ0n) is 12.5. The molecule has 1 saturated carbocycles. The third kappa shape index (κ3) is 3.65. The van der Waals surface area contributed by atoms with Crippen LogP contribution in [-0.4, -0.2) is 26.3 Å². The molecular weight excluding hydrogens is 284 g/mol. The quantitative estimate of drug-likeness (QED) is 0.846. The van der Waals surface area contributed by atoms with Gasteiger partial charge in [-0.25, -0.2) is 13.1 Å². The highest BCUT2D eigenvalue weighted by molar-refractivity contribution is 7.90. The van der Waals surface area contributed by atoms with Crippen LogP contribution in [0.2, 0.25) is 0 Å². The molecule has 1 aromatic carbocycles. The standard InChI is InChI=1S/C16H24N2O2S/c1-12(11-17-14-9-10-14)21(19,20)18-16-8-4-6-13-5-2-3-7-15(13)16/h2-3,5,7,12,14,16-18H,4,6,8-11H2,1H3. The summed E-state index contributed by atoms with van der Waals surface area (Å²) in [6.07, 6.45) is 5.33. The molecule has 2 unspecified atom stereocenters. The summed E-state index contributed by atoms with van der Waals surface area (Å²) >= 11 is 0. The minimum absolute atomic E-state index is 0.0664. The molecule has 0 spiro atoms. The third-order valence-corrected chi connectivity index (χ3v) is 6.32. The lowest BCUT2D eigenvalue weighted by molar-refractivity contribution is 0.498. The van der Waals surface area contributed by atoms with E-state index in [4.69, 9.17) is 0 Å². The molecule has 1 aromatic rings. The second-order valence-electron chi connectivity index (χ2n) is 6.30. The van der Waals surface area contributed by atoms with Crippen molar-refractivity contribution in [3.63, 3.8) is 0 Å². The first kappa shape index (κ1) is 15.0. The fourth-order valence-electron chi connectivity index (χ4n) is 2.92. The molecule has 0 bridgehead atoms. The molecule has 4 nitrogen and oxygen atoms in total. The minimum Gasteiger partial charge on any atom is -0.313 e. The molecule has 2 aliphatic carbocycles. The van der Waals surface area contributed by atoms with E-state index in [-0.39, 0.29) is 6.04 Å². The Hall–Kier alpha value is -0.910. The lowest BCUT2D eigenvalue weighted by Crippen LogP contribution is -2.41. The summed E-state index contributed by atoms with van der Waals surface area (Å²) in [5, 5.41) is 2.90. The van der Waals surface area contributed by atoms with Crippen molar-refractivity contribution >= 4 is 10.0 Å². The molecule has 2 N–H and O–H groups in total. The van der Waals surface area contributed by atoms with Gasteiger partial charge in [0.25, 0.3) is 0 Å². The maximum absolute atomic E-state index is 12.5. The molecule has 0 aliphatic heterocycles. The average Bonchev–Trinajstić information content (AvgIpc) is 3.29. The highest BCUT2D eigenvalue weighted by Crippen LogP contribution is 2.30. The first-order valence-corrected chi connectivity index (χ1v) is 9.43. The van der Waals surface area contributed by atoms with Crippen molar-refractivity contribution < 1.29 is 8.42 Å². The van der Waals surface area contributed by atoms with Gasteiger partial charge < -0.3 is 5.32 Å². The Morgan fingerprint density at radius 3 is 2.76 bits per heavy atom. The summed E-state index contributed by atoms with van der Waals surface area (Å²) in [5.41, 5.74) is 2.43. The van der Waals surface area contributed by atoms with Gasteiger partial charge >= 0.3 is 0 Å². The van der Waals surface area contributed by atoms with E-state index in [0.717, 1.165) is 24.8 Å². The van der Waals surface area contributed by atoms with Gasteiger partial charge in [0.15, 0.2) is 0 Å². The topological polar surface area (TPSA) is 58.2 Å². The molecular formula is C16H24N2O2S. The normalized spacial score (nSPS) is 23.6. The lowest BCUT2D eigenvalue weighted by atomic mass is 9.88. The number of fused-ring (bicyclic) bond motifs is 1. The van der Waals surface area contributed by atoms with E-state index in [9.17, 15) is 8.42 Å². The van der Waals surface area contributed by atoms with E-state index in [0.29, 0.717) is 12.6 Å². The maximum atomic E-state index is 12.5. The first-order chi connectivity index (χ1) is 10.1. The van der Waals surface area contributed by atoms with Crippen molar-refractivity contribution in [2.75, 3.05) is 6.54 Å². The number of aryl methyl sites for hydroxylation is 1. The maximum Gasteiger partial charge on any atom is 0.216 e. The monoisotopic (exact) mass is 308 g/mol. The first-order valence-electron chi connectivity index (χ1n) is 7.88. The van der Waals surface area contributed by atoms with Gasteiger partial charge in [-0.05, 0) is 50.2 Å². The number of benzene rings is 1. The van der Waals surface area contributed by atoms with Crippen LogP contribution in [0.1, 0.15) is 49.8 Å². The van der Waals surface area contributed by atoms with Gasteiger partial charge in [-0.3, -0.25) is 0 Å². The van der Waals surface area contributed by atoms with Crippen LogP contribution in [0.3, 0.4) is 0 Å². The van der Waals surface area contributed by atoms with E-state index >= 15 is 0 Å². The fraction of sp³-hybridized carbons (Fsp3) is 0.625. The predicted octanol–water partition coefficient (Wildman–Crippen LogP) is 2.12. The number of nitrogens with one attached hydrogen (secondary N) is 2. The van der Waals surface area contributed by atoms with E-state index in [2.05, 4.69) is 22.2 Å². The molecule has 0 aromatic heterocycles. The highest BCUT2D eigenvalue weighted by Gasteiger charge is 2.29. The van der Waals surface area contributed by atoms with E-state index in [1.807, 2.05) is 12.1 Å². The van der Waals surface area contributed by atoms with Gasteiger partial charge in [-0.15, -0.1) is 0 Å². The second kappa shape index (κ2) is 6.07. The number of hydrogen-bond donors (Lipinski definition) is 2. The lowest BCUT2D eigenvalue weighted by Gasteiger charge is -2.27. The van der Waals surface area contributed by atoms with Crippen molar-refractivity contribution in [1.29, 1.82) is 0 Å². The van der Waals surface area contributed by atoms with Gasteiger partial charge in [0.1, 0.15) is 0 Å². The fourth-order valence-corrected chi connectivity index (χ4v) is 4.11. The molecule has 1 fully saturated rings. The van der Waals surface area contributed by atoms with Crippen LogP contribution >= 0.6 is 0 Å². The Kier molecular flexibility index (Phi) is 4.33. The zero-order chi connectivity index (χ0) is 14.9. The van der Waals surface area contributed by atoms with Gasteiger partial charge in [0.05, 0.1) is 5.25 Å². The highest BCUT2D eigenvalue weighted by atomic mass is 32.2. The van der Waals surface area contributed by atoms with Gasteiger partial charge in [0, 0.05) is 18.6 Å². The van der Waals surface area contributed by atoms with Crippen LogP contribution in [0.5, 0.6) is 0 Å². The van der Waals surface area contributed by atoms with Crippen molar-refractivity contribution in [2.24, 2.45) is 0 Å². The van der Waals surface area contributed by atoms with Crippen LogP contribution in [0.4, 0.5) is 0 Å². The Labute approximate surface area is 127 Å². The summed E-state index contributed by atoms with van der Waals surface area (Å²) in [5.74, 6) is 0. The molecule has 2 atom stereocenters. The zero-order valence-corrected chi connectivity index (χ0v) is 13.3. The van der Waals surface area contributed by atoms with Crippen molar-refractivity contribution in [3.05, 3.63) is 35.4 Å². The average molecular weight is 308 g/mol. The smallest absolute Gasteiger partial charge is 0.216 e. The van der Waals surface area contributed by atoms with Crippen LogP contribution < -0.4 is 10.0 Å². The molecule has 0 saturated heterocycles. The molecule has 0 radical (unpaired) electrons. The number of sulfonamides is 1. The van der Waals surface area contributed by atoms with Gasteiger partial charge in [0.2, 0.25) is 10.0 Å². The molecule has 3 rings (SSSR count). The Morgan fingerprint density at radius 2 is 2.00 bits per heavy atom. The largest absolute Gasteiger partial charge is 0.313 e. The Balaban J connectivity index is 1.67.